The van der Waals surface area contributed by atoms with Crippen LogP contribution >= 0.6 is 0 Å². The van der Waals surface area contributed by atoms with Crippen LogP contribution in [0, 0.1) is 0 Å². The molecule has 0 saturated carbocycles. The second kappa shape index (κ2) is 5.50. The fourth-order valence-electron chi connectivity index (χ4n) is 1.54. The van der Waals surface area contributed by atoms with E-state index in [-0.39, 0.29) is 6.04 Å². The summed E-state index contributed by atoms with van der Waals surface area (Å²) in [6.45, 7) is 2.07. The van der Waals surface area contributed by atoms with Gasteiger partial charge < -0.3 is 5.73 Å². The number of aromatic nitrogens is 3. The topological polar surface area (TPSA) is 64.7 Å². The van der Waals surface area contributed by atoms with E-state index in [1.165, 1.54) is 0 Å². The maximum absolute atomic E-state index is 5.92. The van der Waals surface area contributed by atoms with E-state index in [0.29, 0.717) is 5.82 Å². The number of nitrogens with zero attached hydrogens (tertiary/aromatic N) is 3. The predicted molar refractivity (Wildman–Crippen MR) is 67.2 cm³/mol. The van der Waals surface area contributed by atoms with E-state index in [2.05, 4.69) is 21.9 Å². The van der Waals surface area contributed by atoms with Crippen LogP contribution in [0.2, 0.25) is 0 Å². The van der Waals surface area contributed by atoms with Gasteiger partial charge in [0, 0.05) is 30.6 Å². The van der Waals surface area contributed by atoms with Crippen molar-refractivity contribution in [3.05, 3.63) is 42.4 Å². The molecule has 0 fully saturated rings. The normalized spacial score (nSPS) is 12.4. The summed E-state index contributed by atoms with van der Waals surface area (Å²) in [5.41, 5.74) is 7.68. The quantitative estimate of drug-likeness (QED) is 0.866. The van der Waals surface area contributed by atoms with Gasteiger partial charge in [0.05, 0.1) is 0 Å². The van der Waals surface area contributed by atoms with Crippen LogP contribution < -0.4 is 5.73 Å². The Labute approximate surface area is 101 Å². The predicted octanol–water partition coefficient (Wildman–Crippen LogP) is 1.82. The van der Waals surface area contributed by atoms with Crippen molar-refractivity contribution in [2.75, 3.05) is 0 Å². The lowest BCUT2D eigenvalue weighted by atomic mass is 10.1. The standard InChI is InChI=1S/C13H16N4/c1-2-10(14)9-11-6-8-16-13(17-11)12-5-3-4-7-15-12/h3-8,10H,2,9,14H2,1H3. The van der Waals surface area contributed by atoms with Crippen molar-refractivity contribution in [3.63, 3.8) is 0 Å². The number of rotatable bonds is 4. The summed E-state index contributed by atoms with van der Waals surface area (Å²) in [6.07, 6.45) is 5.22. The lowest BCUT2D eigenvalue weighted by molar-refractivity contribution is 0.636. The average molecular weight is 228 g/mol. The van der Waals surface area contributed by atoms with Crippen LogP contribution in [0.3, 0.4) is 0 Å². The molecule has 2 aromatic heterocycles. The molecule has 0 saturated heterocycles. The summed E-state index contributed by atoms with van der Waals surface area (Å²) >= 11 is 0. The molecule has 4 nitrogen and oxygen atoms in total. The van der Waals surface area contributed by atoms with Crippen molar-refractivity contribution < 1.29 is 0 Å². The largest absolute Gasteiger partial charge is 0.327 e. The van der Waals surface area contributed by atoms with Gasteiger partial charge in [-0.1, -0.05) is 13.0 Å². The Balaban J connectivity index is 2.23. The first-order valence-corrected chi connectivity index (χ1v) is 5.78. The van der Waals surface area contributed by atoms with E-state index in [1.807, 2.05) is 24.3 Å². The van der Waals surface area contributed by atoms with Crippen molar-refractivity contribution in [2.24, 2.45) is 5.73 Å². The van der Waals surface area contributed by atoms with Crippen molar-refractivity contribution in [2.45, 2.75) is 25.8 Å². The molecular weight excluding hydrogens is 212 g/mol. The van der Waals surface area contributed by atoms with Gasteiger partial charge in [0.2, 0.25) is 0 Å². The van der Waals surface area contributed by atoms with E-state index < -0.39 is 0 Å². The van der Waals surface area contributed by atoms with Crippen LogP contribution in [0.15, 0.2) is 36.7 Å². The van der Waals surface area contributed by atoms with Gasteiger partial charge in [-0.2, -0.15) is 0 Å². The van der Waals surface area contributed by atoms with Crippen LogP contribution in [0.25, 0.3) is 11.5 Å². The van der Waals surface area contributed by atoms with Crippen LogP contribution in [-0.2, 0) is 6.42 Å². The van der Waals surface area contributed by atoms with Crippen LogP contribution in [0.5, 0.6) is 0 Å². The minimum absolute atomic E-state index is 0.154. The highest BCUT2D eigenvalue weighted by Gasteiger charge is 2.06. The fourth-order valence-corrected chi connectivity index (χ4v) is 1.54. The molecule has 1 atom stereocenters. The molecule has 0 aromatic carbocycles. The Kier molecular flexibility index (Phi) is 3.77. The second-order valence-electron chi connectivity index (χ2n) is 3.96. The van der Waals surface area contributed by atoms with Gasteiger partial charge in [-0.25, -0.2) is 9.97 Å². The van der Waals surface area contributed by atoms with Gasteiger partial charge in [0.25, 0.3) is 0 Å². The number of pyridine rings is 1. The van der Waals surface area contributed by atoms with E-state index in [0.717, 1.165) is 24.2 Å². The van der Waals surface area contributed by atoms with Crippen molar-refractivity contribution >= 4 is 0 Å². The summed E-state index contributed by atoms with van der Waals surface area (Å²) < 4.78 is 0. The summed E-state index contributed by atoms with van der Waals surface area (Å²) in [5.74, 6) is 0.659. The SMILES string of the molecule is CCC(N)Cc1ccnc(-c2ccccn2)n1. The summed E-state index contributed by atoms with van der Waals surface area (Å²) in [7, 11) is 0. The lowest BCUT2D eigenvalue weighted by Crippen LogP contribution is -2.22. The minimum Gasteiger partial charge on any atom is -0.327 e. The Morgan fingerprint density at radius 2 is 2.06 bits per heavy atom. The van der Waals surface area contributed by atoms with Crippen LogP contribution in [0.1, 0.15) is 19.0 Å². The maximum Gasteiger partial charge on any atom is 0.178 e. The van der Waals surface area contributed by atoms with E-state index in [4.69, 9.17) is 5.73 Å². The molecule has 1 unspecified atom stereocenters. The van der Waals surface area contributed by atoms with E-state index in [1.54, 1.807) is 12.4 Å². The molecular formula is C13H16N4. The van der Waals surface area contributed by atoms with Gasteiger partial charge in [-0.05, 0) is 24.6 Å². The second-order valence-corrected chi connectivity index (χ2v) is 3.96. The first kappa shape index (κ1) is 11.7. The highest BCUT2D eigenvalue weighted by Crippen LogP contribution is 2.11. The molecule has 0 radical (unpaired) electrons. The van der Waals surface area contributed by atoms with Crippen molar-refractivity contribution in [1.29, 1.82) is 0 Å². The van der Waals surface area contributed by atoms with Crippen LogP contribution in [0.4, 0.5) is 0 Å². The molecule has 0 aliphatic carbocycles. The third kappa shape index (κ3) is 3.07. The molecule has 0 amide bonds. The molecule has 0 aliphatic heterocycles. The number of hydrogen-bond acceptors (Lipinski definition) is 4. The van der Waals surface area contributed by atoms with E-state index in [9.17, 15) is 0 Å². The average Bonchev–Trinajstić information content (AvgIpc) is 2.40. The molecule has 88 valence electrons. The third-order valence-corrected chi connectivity index (χ3v) is 2.60. The van der Waals surface area contributed by atoms with Crippen LogP contribution in [-0.4, -0.2) is 21.0 Å². The Hall–Kier alpha value is -1.81. The zero-order valence-corrected chi connectivity index (χ0v) is 9.87. The molecule has 0 aliphatic rings. The monoisotopic (exact) mass is 228 g/mol. The molecule has 2 heterocycles. The molecule has 17 heavy (non-hydrogen) atoms. The molecule has 0 spiro atoms. The third-order valence-electron chi connectivity index (χ3n) is 2.60. The Bertz CT molecular complexity index is 470. The highest BCUT2D eigenvalue weighted by molar-refractivity contribution is 5.48. The summed E-state index contributed by atoms with van der Waals surface area (Å²) in [6, 6.07) is 7.76. The van der Waals surface area contributed by atoms with Gasteiger partial charge in [-0.3, -0.25) is 4.98 Å². The van der Waals surface area contributed by atoms with Gasteiger partial charge in [0.1, 0.15) is 5.69 Å². The smallest absolute Gasteiger partial charge is 0.178 e. The molecule has 2 rings (SSSR count). The van der Waals surface area contributed by atoms with Crippen molar-refractivity contribution in [1.82, 2.24) is 15.0 Å². The zero-order valence-electron chi connectivity index (χ0n) is 9.87. The summed E-state index contributed by atoms with van der Waals surface area (Å²) in [5, 5.41) is 0. The Morgan fingerprint density at radius 1 is 1.18 bits per heavy atom. The van der Waals surface area contributed by atoms with Gasteiger partial charge >= 0.3 is 0 Å². The highest BCUT2D eigenvalue weighted by atomic mass is 14.9. The number of hydrogen-bond donors (Lipinski definition) is 1. The minimum atomic E-state index is 0.154. The number of nitrogens with two attached hydrogens (primary N) is 1. The maximum atomic E-state index is 5.92. The van der Waals surface area contributed by atoms with E-state index >= 15 is 0 Å². The fraction of sp³-hybridized carbons (Fsp3) is 0.308. The molecule has 0 bridgehead atoms. The first-order valence-electron chi connectivity index (χ1n) is 5.78. The van der Waals surface area contributed by atoms with Crippen molar-refractivity contribution in [3.8, 4) is 11.5 Å². The first-order chi connectivity index (χ1) is 8.29. The van der Waals surface area contributed by atoms with Gasteiger partial charge in [0.15, 0.2) is 5.82 Å². The summed E-state index contributed by atoms with van der Waals surface area (Å²) in [4.78, 5) is 12.9. The zero-order chi connectivity index (χ0) is 12.1. The molecule has 4 heteroatoms. The molecule has 2 N–H and O–H groups in total. The van der Waals surface area contributed by atoms with Gasteiger partial charge in [-0.15, -0.1) is 0 Å². The Morgan fingerprint density at radius 3 is 2.76 bits per heavy atom. The molecule has 2 aromatic rings. The lowest BCUT2D eigenvalue weighted by Gasteiger charge is -2.08.